The lowest BCUT2D eigenvalue weighted by Crippen LogP contribution is -2.09. The molecule has 0 fully saturated rings. The Bertz CT molecular complexity index is 558. The average molecular weight is 261 g/mol. The SMILES string of the molecule is Cc1cc(OCCOc2cccc(F)c2)ccc1N. The van der Waals surface area contributed by atoms with Crippen LogP contribution in [-0.4, -0.2) is 13.2 Å². The van der Waals surface area contributed by atoms with Crippen LogP contribution in [0.15, 0.2) is 42.5 Å². The zero-order chi connectivity index (χ0) is 13.7. The van der Waals surface area contributed by atoms with Gasteiger partial charge in [0.1, 0.15) is 30.5 Å². The third-order valence-corrected chi connectivity index (χ3v) is 2.66. The Labute approximate surface area is 111 Å². The quantitative estimate of drug-likeness (QED) is 0.664. The van der Waals surface area contributed by atoms with Crippen molar-refractivity contribution in [3.8, 4) is 11.5 Å². The summed E-state index contributed by atoms with van der Waals surface area (Å²) >= 11 is 0. The summed E-state index contributed by atoms with van der Waals surface area (Å²) in [5.41, 5.74) is 7.43. The smallest absolute Gasteiger partial charge is 0.126 e. The van der Waals surface area contributed by atoms with Gasteiger partial charge in [-0.3, -0.25) is 0 Å². The van der Waals surface area contributed by atoms with E-state index in [0.29, 0.717) is 19.0 Å². The largest absolute Gasteiger partial charge is 0.490 e. The first-order chi connectivity index (χ1) is 9.15. The highest BCUT2D eigenvalue weighted by Crippen LogP contribution is 2.18. The number of anilines is 1. The van der Waals surface area contributed by atoms with E-state index in [1.165, 1.54) is 12.1 Å². The average Bonchev–Trinajstić information content (AvgIpc) is 2.39. The maximum Gasteiger partial charge on any atom is 0.126 e. The highest BCUT2D eigenvalue weighted by atomic mass is 19.1. The standard InChI is InChI=1S/C15H16FNO2/c1-11-9-14(5-6-15(11)17)19-8-7-18-13-4-2-3-12(16)10-13/h2-6,9-10H,7-8,17H2,1H3. The summed E-state index contributed by atoms with van der Waals surface area (Å²) in [6, 6.07) is 11.5. The molecule has 0 unspecified atom stereocenters. The van der Waals surface area contributed by atoms with Crippen LogP contribution in [0.25, 0.3) is 0 Å². The number of rotatable bonds is 5. The van der Waals surface area contributed by atoms with E-state index in [-0.39, 0.29) is 5.82 Å². The van der Waals surface area contributed by atoms with Crippen LogP contribution in [0.5, 0.6) is 11.5 Å². The van der Waals surface area contributed by atoms with Crippen molar-refractivity contribution in [3.63, 3.8) is 0 Å². The van der Waals surface area contributed by atoms with Gasteiger partial charge >= 0.3 is 0 Å². The number of halogens is 1. The van der Waals surface area contributed by atoms with Gasteiger partial charge < -0.3 is 15.2 Å². The Morgan fingerprint density at radius 1 is 1.00 bits per heavy atom. The Balaban J connectivity index is 1.79. The molecule has 0 atom stereocenters. The summed E-state index contributed by atoms with van der Waals surface area (Å²) in [7, 11) is 0. The predicted molar refractivity (Wildman–Crippen MR) is 73.0 cm³/mol. The summed E-state index contributed by atoms with van der Waals surface area (Å²) in [6.07, 6.45) is 0. The fourth-order valence-electron chi connectivity index (χ4n) is 1.61. The van der Waals surface area contributed by atoms with Crippen LogP contribution < -0.4 is 15.2 Å². The van der Waals surface area contributed by atoms with Gasteiger partial charge in [0.2, 0.25) is 0 Å². The van der Waals surface area contributed by atoms with Crippen molar-refractivity contribution >= 4 is 5.69 Å². The lowest BCUT2D eigenvalue weighted by atomic mass is 10.2. The minimum atomic E-state index is -0.312. The normalized spacial score (nSPS) is 10.2. The number of nitrogens with two attached hydrogens (primary N) is 1. The molecule has 4 heteroatoms. The minimum absolute atomic E-state index is 0.312. The zero-order valence-corrected chi connectivity index (χ0v) is 10.7. The van der Waals surface area contributed by atoms with Crippen molar-refractivity contribution < 1.29 is 13.9 Å². The van der Waals surface area contributed by atoms with Gasteiger partial charge in [0.15, 0.2) is 0 Å². The Morgan fingerprint density at radius 3 is 2.32 bits per heavy atom. The van der Waals surface area contributed by atoms with Crippen LogP contribution in [-0.2, 0) is 0 Å². The number of ether oxygens (including phenoxy) is 2. The van der Waals surface area contributed by atoms with Crippen molar-refractivity contribution in [1.29, 1.82) is 0 Å². The number of benzene rings is 2. The highest BCUT2D eigenvalue weighted by Gasteiger charge is 1.99. The fraction of sp³-hybridized carbons (Fsp3) is 0.200. The predicted octanol–water partition coefficient (Wildman–Crippen LogP) is 3.17. The molecule has 0 radical (unpaired) electrons. The molecule has 0 aliphatic carbocycles. The Kier molecular flexibility index (Phi) is 4.23. The van der Waals surface area contributed by atoms with E-state index in [9.17, 15) is 4.39 Å². The molecular weight excluding hydrogens is 245 g/mol. The van der Waals surface area contributed by atoms with Crippen molar-refractivity contribution in [1.82, 2.24) is 0 Å². The van der Waals surface area contributed by atoms with Gasteiger partial charge in [-0.25, -0.2) is 4.39 Å². The summed E-state index contributed by atoms with van der Waals surface area (Å²) < 4.78 is 23.8. The van der Waals surface area contributed by atoms with Crippen LogP contribution in [0.3, 0.4) is 0 Å². The second kappa shape index (κ2) is 6.09. The molecule has 2 aromatic rings. The molecule has 100 valence electrons. The van der Waals surface area contributed by atoms with Crippen molar-refractivity contribution in [2.75, 3.05) is 18.9 Å². The number of hydrogen-bond acceptors (Lipinski definition) is 3. The number of hydrogen-bond donors (Lipinski definition) is 1. The zero-order valence-electron chi connectivity index (χ0n) is 10.7. The van der Waals surface area contributed by atoms with Gasteiger partial charge in [-0.1, -0.05) is 6.07 Å². The third-order valence-electron chi connectivity index (χ3n) is 2.66. The van der Waals surface area contributed by atoms with Gasteiger partial charge in [-0.15, -0.1) is 0 Å². The van der Waals surface area contributed by atoms with Crippen LogP contribution >= 0.6 is 0 Å². The molecular formula is C15H16FNO2. The molecule has 3 nitrogen and oxygen atoms in total. The minimum Gasteiger partial charge on any atom is -0.490 e. The van der Waals surface area contributed by atoms with Crippen molar-refractivity contribution in [3.05, 3.63) is 53.8 Å². The molecule has 2 rings (SSSR count). The first-order valence-corrected chi connectivity index (χ1v) is 6.02. The van der Waals surface area contributed by atoms with Gasteiger partial charge in [0.25, 0.3) is 0 Å². The van der Waals surface area contributed by atoms with Crippen LogP contribution in [0, 0.1) is 12.7 Å². The fourth-order valence-corrected chi connectivity index (χ4v) is 1.61. The summed E-state index contributed by atoms with van der Waals surface area (Å²) in [5, 5.41) is 0. The number of aryl methyl sites for hydroxylation is 1. The van der Waals surface area contributed by atoms with E-state index < -0.39 is 0 Å². The molecule has 2 N–H and O–H groups in total. The van der Waals surface area contributed by atoms with Gasteiger partial charge in [-0.05, 0) is 42.8 Å². The monoisotopic (exact) mass is 261 g/mol. The van der Waals surface area contributed by atoms with E-state index in [0.717, 1.165) is 17.0 Å². The molecule has 0 spiro atoms. The summed E-state index contributed by atoms with van der Waals surface area (Å²) in [5.74, 6) is 0.930. The second-order valence-corrected chi connectivity index (χ2v) is 4.17. The summed E-state index contributed by atoms with van der Waals surface area (Å²) in [6.45, 7) is 2.66. The lowest BCUT2D eigenvalue weighted by Gasteiger charge is -2.09. The molecule has 0 aliphatic rings. The number of nitrogen functional groups attached to an aromatic ring is 1. The maximum absolute atomic E-state index is 12.9. The van der Waals surface area contributed by atoms with E-state index in [4.69, 9.17) is 15.2 Å². The molecule has 0 heterocycles. The van der Waals surface area contributed by atoms with Crippen molar-refractivity contribution in [2.24, 2.45) is 0 Å². The third kappa shape index (κ3) is 3.88. The van der Waals surface area contributed by atoms with Gasteiger partial charge in [0.05, 0.1) is 0 Å². The van der Waals surface area contributed by atoms with Crippen LogP contribution in [0.4, 0.5) is 10.1 Å². The van der Waals surface area contributed by atoms with Gasteiger partial charge in [0, 0.05) is 11.8 Å². The first-order valence-electron chi connectivity index (χ1n) is 6.02. The van der Waals surface area contributed by atoms with E-state index >= 15 is 0 Å². The molecule has 0 aromatic heterocycles. The Morgan fingerprint density at radius 2 is 1.68 bits per heavy atom. The van der Waals surface area contributed by atoms with Crippen LogP contribution in [0.1, 0.15) is 5.56 Å². The second-order valence-electron chi connectivity index (χ2n) is 4.17. The summed E-state index contributed by atoms with van der Waals surface area (Å²) in [4.78, 5) is 0. The maximum atomic E-state index is 12.9. The molecule has 0 bridgehead atoms. The highest BCUT2D eigenvalue weighted by molar-refractivity contribution is 5.49. The van der Waals surface area contributed by atoms with E-state index in [2.05, 4.69) is 0 Å². The molecule has 2 aromatic carbocycles. The van der Waals surface area contributed by atoms with Gasteiger partial charge in [-0.2, -0.15) is 0 Å². The van der Waals surface area contributed by atoms with Crippen LogP contribution in [0.2, 0.25) is 0 Å². The lowest BCUT2D eigenvalue weighted by molar-refractivity contribution is 0.216. The van der Waals surface area contributed by atoms with E-state index in [1.54, 1.807) is 18.2 Å². The molecule has 0 aliphatic heterocycles. The molecule has 19 heavy (non-hydrogen) atoms. The first kappa shape index (κ1) is 13.2. The topological polar surface area (TPSA) is 44.5 Å². The Hall–Kier alpha value is -2.23. The molecule has 0 amide bonds. The molecule has 0 saturated heterocycles. The molecule has 0 saturated carbocycles. The van der Waals surface area contributed by atoms with E-state index in [1.807, 2.05) is 19.1 Å². The van der Waals surface area contributed by atoms with Crippen molar-refractivity contribution in [2.45, 2.75) is 6.92 Å².